The first-order valence-corrected chi connectivity index (χ1v) is 10.1. The lowest BCUT2D eigenvalue weighted by Gasteiger charge is -2.22. The Morgan fingerprint density at radius 2 is 2.00 bits per heavy atom. The van der Waals surface area contributed by atoms with Gasteiger partial charge in [-0.25, -0.2) is 18.4 Å². The summed E-state index contributed by atoms with van der Waals surface area (Å²) in [4.78, 5) is 22.7. The summed E-state index contributed by atoms with van der Waals surface area (Å²) in [5.41, 5.74) is 0.372. The molecule has 1 aliphatic heterocycles. The molecule has 0 N–H and O–H groups in total. The Morgan fingerprint density at radius 3 is 2.67 bits per heavy atom. The average Bonchev–Trinajstić information content (AvgIpc) is 2.87. The fraction of sp³-hybridized carbons (Fsp3) is 0.471. The maximum Gasteiger partial charge on any atom is 0.262 e. The largest absolute Gasteiger partial charge is 0.480 e. The van der Waals surface area contributed by atoms with Crippen molar-refractivity contribution in [3.05, 3.63) is 35.9 Å². The van der Waals surface area contributed by atoms with E-state index in [2.05, 4.69) is 9.97 Å². The number of aryl methyl sites for hydroxylation is 2. The van der Waals surface area contributed by atoms with Crippen LogP contribution in [-0.4, -0.2) is 71.4 Å². The summed E-state index contributed by atoms with van der Waals surface area (Å²) in [5, 5.41) is 0.0382. The van der Waals surface area contributed by atoms with Crippen molar-refractivity contribution in [2.24, 2.45) is 7.05 Å². The highest BCUT2D eigenvalue weighted by molar-refractivity contribution is 7.89. The van der Waals surface area contributed by atoms with Gasteiger partial charge < -0.3 is 14.2 Å². The number of nitrogens with zero attached hydrogens (tertiary/aromatic N) is 5. The number of aromatic nitrogens is 3. The van der Waals surface area contributed by atoms with Gasteiger partial charge in [0.15, 0.2) is 5.03 Å². The predicted octanol–water partition coefficient (Wildman–Crippen LogP) is 0.669. The molecule has 10 heteroatoms. The highest BCUT2D eigenvalue weighted by Crippen LogP contribution is 2.20. The fourth-order valence-electron chi connectivity index (χ4n) is 3.01. The maximum atomic E-state index is 12.9. The van der Waals surface area contributed by atoms with E-state index < -0.39 is 10.0 Å². The van der Waals surface area contributed by atoms with Crippen molar-refractivity contribution in [2.45, 2.75) is 18.4 Å². The van der Waals surface area contributed by atoms with Crippen LogP contribution in [0, 0.1) is 6.92 Å². The lowest BCUT2D eigenvalue weighted by Crippen LogP contribution is -2.37. The van der Waals surface area contributed by atoms with Crippen molar-refractivity contribution in [1.29, 1.82) is 0 Å². The number of sulfonamides is 1. The van der Waals surface area contributed by atoms with E-state index in [0.29, 0.717) is 37.4 Å². The SMILES string of the molecule is COc1ncccc1C(=O)N1CCCN(S(=O)(=O)c2cn(C)c(C)n2)CC1. The van der Waals surface area contributed by atoms with Gasteiger partial charge in [-0.1, -0.05) is 0 Å². The van der Waals surface area contributed by atoms with E-state index in [1.165, 1.54) is 17.6 Å². The van der Waals surface area contributed by atoms with Gasteiger partial charge in [0.1, 0.15) is 11.4 Å². The van der Waals surface area contributed by atoms with Crippen LogP contribution in [0.5, 0.6) is 5.88 Å². The monoisotopic (exact) mass is 393 g/mol. The quantitative estimate of drug-likeness (QED) is 0.757. The first kappa shape index (κ1) is 19.3. The first-order chi connectivity index (χ1) is 12.8. The summed E-state index contributed by atoms with van der Waals surface area (Å²) in [6.45, 7) is 3.06. The normalized spacial score (nSPS) is 16.2. The Balaban J connectivity index is 1.76. The second-order valence-corrected chi connectivity index (χ2v) is 8.23. The number of pyridine rings is 1. The molecule has 1 aliphatic rings. The van der Waals surface area contributed by atoms with Gasteiger partial charge in [-0.15, -0.1) is 0 Å². The zero-order chi connectivity index (χ0) is 19.6. The van der Waals surface area contributed by atoms with Crippen molar-refractivity contribution < 1.29 is 17.9 Å². The number of hydrogen-bond donors (Lipinski definition) is 0. The van der Waals surface area contributed by atoms with E-state index in [1.807, 2.05) is 0 Å². The number of methoxy groups -OCH3 is 1. The summed E-state index contributed by atoms with van der Waals surface area (Å²) >= 11 is 0. The zero-order valence-electron chi connectivity index (χ0n) is 15.6. The van der Waals surface area contributed by atoms with Gasteiger partial charge in [-0.3, -0.25) is 4.79 Å². The summed E-state index contributed by atoms with van der Waals surface area (Å²) in [5.74, 6) is 0.678. The van der Waals surface area contributed by atoms with Crippen LogP contribution in [0.2, 0.25) is 0 Å². The molecule has 2 aromatic rings. The predicted molar refractivity (Wildman–Crippen MR) is 98.0 cm³/mol. The molecule has 0 atom stereocenters. The Labute approximate surface area is 158 Å². The summed E-state index contributed by atoms with van der Waals surface area (Å²) in [7, 11) is -0.469. The van der Waals surface area contributed by atoms with Crippen molar-refractivity contribution in [2.75, 3.05) is 33.3 Å². The number of ether oxygens (including phenoxy) is 1. The van der Waals surface area contributed by atoms with Gasteiger partial charge in [-0.05, 0) is 25.5 Å². The molecule has 146 valence electrons. The van der Waals surface area contributed by atoms with Gasteiger partial charge >= 0.3 is 0 Å². The molecule has 0 bridgehead atoms. The van der Waals surface area contributed by atoms with Crippen LogP contribution < -0.4 is 4.74 Å². The molecular weight excluding hydrogens is 370 g/mol. The molecule has 2 aromatic heterocycles. The molecule has 1 amide bonds. The van der Waals surface area contributed by atoms with E-state index in [1.54, 1.807) is 41.8 Å². The molecule has 0 radical (unpaired) electrons. The van der Waals surface area contributed by atoms with Crippen LogP contribution in [0.3, 0.4) is 0 Å². The van der Waals surface area contributed by atoms with Crippen molar-refractivity contribution in [1.82, 2.24) is 23.7 Å². The second kappa shape index (κ2) is 7.65. The van der Waals surface area contributed by atoms with Crippen LogP contribution in [0.25, 0.3) is 0 Å². The molecular formula is C17H23N5O4S. The Hall–Kier alpha value is -2.46. The number of carbonyl (C=O) groups is 1. The van der Waals surface area contributed by atoms with Crippen molar-refractivity contribution >= 4 is 15.9 Å². The third-order valence-electron chi connectivity index (χ3n) is 4.63. The minimum absolute atomic E-state index is 0.0382. The third-order valence-corrected chi connectivity index (χ3v) is 6.40. The maximum absolute atomic E-state index is 12.9. The standard InChI is InChI=1S/C17H23N5O4S/c1-13-19-15(12-20(13)2)27(24,25)22-9-5-8-21(10-11-22)17(23)14-6-4-7-18-16(14)26-3/h4,6-7,12H,5,8-11H2,1-3H3. The summed E-state index contributed by atoms with van der Waals surface area (Å²) < 4.78 is 34.0. The first-order valence-electron chi connectivity index (χ1n) is 8.63. The van der Waals surface area contributed by atoms with Crippen LogP contribution >= 0.6 is 0 Å². The molecule has 0 spiro atoms. The highest BCUT2D eigenvalue weighted by Gasteiger charge is 2.31. The molecule has 0 saturated carbocycles. The Kier molecular flexibility index (Phi) is 5.47. The molecule has 9 nitrogen and oxygen atoms in total. The van der Waals surface area contributed by atoms with E-state index in [0.717, 1.165) is 0 Å². The van der Waals surface area contributed by atoms with Gasteiger partial charge in [0, 0.05) is 45.6 Å². The molecule has 0 aliphatic carbocycles. The second-order valence-electron chi connectivity index (χ2n) is 6.35. The Bertz CT molecular complexity index is 921. The van der Waals surface area contributed by atoms with Crippen LogP contribution in [0.4, 0.5) is 0 Å². The number of hydrogen-bond acceptors (Lipinski definition) is 6. The number of amides is 1. The molecule has 27 heavy (non-hydrogen) atoms. The minimum Gasteiger partial charge on any atom is -0.480 e. The van der Waals surface area contributed by atoms with Crippen molar-refractivity contribution in [3.8, 4) is 5.88 Å². The third kappa shape index (κ3) is 3.81. The van der Waals surface area contributed by atoms with Gasteiger partial charge in [0.2, 0.25) is 5.88 Å². The van der Waals surface area contributed by atoms with E-state index in [-0.39, 0.29) is 23.4 Å². The molecule has 0 aromatic carbocycles. The lowest BCUT2D eigenvalue weighted by atomic mass is 10.2. The van der Waals surface area contributed by atoms with E-state index in [9.17, 15) is 13.2 Å². The molecule has 1 fully saturated rings. The van der Waals surface area contributed by atoms with Crippen LogP contribution in [-0.2, 0) is 17.1 Å². The van der Waals surface area contributed by atoms with Crippen LogP contribution in [0.15, 0.2) is 29.6 Å². The van der Waals surface area contributed by atoms with E-state index >= 15 is 0 Å². The summed E-state index contributed by atoms with van der Waals surface area (Å²) in [6, 6.07) is 3.33. The van der Waals surface area contributed by atoms with Crippen molar-refractivity contribution in [3.63, 3.8) is 0 Å². The topological polar surface area (TPSA) is 97.6 Å². The number of imidazole rings is 1. The van der Waals surface area contributed by atoms with Gasteiger partial charge in [-0.2, -0.15) is 4.31 Å². The smallest absolute Gasteiger partial charge is 0.262 e. The fourth-order valence-corrected chi connectivity index (χ4v) is 4.50. The molecule has 3 rings (SSSR count). The molecule has 3 heterocycles. The van der Waals surface area contributed by atoms with E-state index in [4.69, 9.17) is 4.74 Å². The van der Waals surface area contributed by atoms with Gasteiger partial charge in [0.25, 0.3) is 15.9 Å². The minimum atomic E-state index is -3.69. The Morgan fingerprint density at radius 1 is 1.22 bits per heavy atom. The summed E-state index contributed by atoms with van der Waals surface area (Å²) in [6.07, 6.45) is 3.61. The average molecular weight is 393 g/mol. The highest BCUT2D eigenvalue weighted by atomic mass is 32.2. The van der Waals surface area contributed by atoms with Crippen LogP contribution in [0.1, 0.15) is 22.6 Å². The lowest BCUT2D eigenvalue weighted by molar-refractivity contribution is 0.0760. The van der Waals surface area contributed by atoms with Gasteiger partial charge in [0.05, 0.1) is 7.11 Å². The molecule has 1 saturated heterocycles. The number of rotatable bonds is 4. The number of carbonyl (C=O) groups excluding carboxylic acids is 1. The zero-order valence-corrected chi connectivity index (χ0v) is 16.4. The molecule has 0 unspecified atom stereocenters.